The maximum atomic E-state index is 13.8. The molecule has 29 heavy (non-hydrogen) atoms. The van der Waals surface area contributed by atoms with Crippen LogP contribution in [0.15, 0.2) is 47.0 Å². The second kappa shape index (κ2) is 9.18. The van der Waals surface area contributed by atoms with Gasteiger partial charge in [0.15, 0.2) is 11.7 Å². The summed E-state index contributed by atoms with van der Waals surface area (Å²) >= 11 is 0. The molecule has 3 rings (SSSR count). The smallest absolute Gasteiger partial charge is 0.220 e. The van der Waals surface area contributed by atoms with Crippen LogP contribution in [0.1, 0.15) is 17.9 Å². The fourth-order valence-corrected chi connectivity index (χ4v) is 2.80. The Kier molecular flexibility index (Phi) is 6.43. The van der Waals surface area contributed by atoms with Gasteiger partial charge in [0.1, 0.15) is 23.1 Å². The van der Waals surface area contributed by atoms with Gasteiger partial charge in [0.2, 0.25) is 5.91 Å². The molecule has 8 heteroatoms. The number of nitrogens with zero attached hydrogens (tertiary/aromatic N) is 1. The minimum absolute atomic E-state index is 0.0166. The van der Waals surface area contributed by atoms with Crippen molar-refractivity contribution in [2.75, 3.05) is 14.2 Å². The number of carbonyl (C=O) groups excluding carboxylic acids is 1. The highest BCUT2D eigenvalue weighted by molar-refractivity contribution is 5.76. The first-order valence-corrected chi connectivity index (χ1v) is 8.88. The molecule has 0 unspecified atom stereocenters. The van der Waals surface area contributed by atoms with Gasteiger partial charge < -0.3 is 19.2 Å². The van der Waals surface area contributed by atoms with Crippen molar-refractivity contribution in [3.05, 3.63) is 65.7 Å². The van der Waals surface area contributed by atoms with Gasteiger partial charge in [-0.1, -0.05) is 6.07 Å². The average molecular weight is 402 g/mol. The summed E-state index contributed by atoms with van der Waals surface area (Å²) in [4.78, 5) is 16.2. The highest BCUT2D eigenvalue weighted by Crippen LogP contribution is 2.27. The van der Waals surface area contributed by atoms with E-state index in [2.05, 4.69) is 10.3 Å². The van der Waals surface area contributed by atoms with E-state index in [0.29, 0.717) is 11.5 Å². The standard InChI is InChI=1S/C21H20F2N2O4/c1-27-14-6-7-17(28-2)13(10-14)11-24-19(26)8-9-20-25-12-18(29-20)21-15(22)4-3-5-16(21)23/h3-7,10,12H,8-9,11H2,1-2H3,(H,24,26). The first-order chi connectivity index (χ1) is 14.0. The lowest BCUT2D eigenvalue weighted by atomic mass is 10.1. The molecule has 0 aliphatic carbocycles. The molecule has 0 saturated carbocycles. The molecule has 0 aliphatic heterocycles. The Morgan fingerprint density at radius 1 is 1.14 bits per heavy atom. The number of aromatic nitrogens is 1. The molecule has 0 saturated heterocycles. The third kappa shape index (κ3) is 4.90. The monoisotopic (exact) mass is 402 g/mol. The normalized spacial score (nSPS) is 10.6. The van der Waals surface area contributed by atoms with Gasteiger partial charge in [-0.3, -0.25) is 4.79 Å². The summed E-state index contributed by atoms with van der Waals surface area (Å²) < 4.78 is 43.5. The number of hydrogen-bond donors (Lipinski definition) is 1. The van der Waals surface area contributed by atoms with Gasteiger partial charge in [-0.2, -0.15) is 0 Å². The Morgan fingerprint density at radius 2 is 1.90 bits per heavy atom. The highest BCUT2D eigenvalue weighted by Gasteiger charge is 2.16. The summed E-state index contributed by atoms with van der Waals surface area (Å²) in [7, 11) is 3.10. The molecule has 152 valence electrons. The van der Waals surface area contributed by atoms with E-state index in [1.54, 1.807) is 32.4 Å². The molecule has 3 aromatic rings. The predicted octanol–water partition coefficient (Wildman–Crippen LogP) is 3.89. The number of hydrogen-bond acceptors (Lipinski definition) is 5. The quantitative estimate of drug-likeness (QED) is 0.619. The van der Waals surface area contributed by atoms with Crippen molar-refractivity contribution in [1.82, 2.24) is 10.3 Å². The van der Waals surface area contributed by atoms with Crippen LogP contribution in [-0.4, -0.2) is 25.1 Å². The Morgan fingerprint density at radius 3 is 2.59 bits per heavy atom. The Balaban J connectivity index is 1.58. The molecule has 0 atom stereocenters. The van der Waals surface area contributed by atoms with Crippen molar-refractivity contribution in [3.63, 3.8) is 0 Å². The van der Waals surface area contributed by atoms with Crippen LogP contribution < -0.4 is 14.8 Å². The number of carbonyl (C=O) groups is 1. The van der Waals surface area contributed by atoms with Crippen LogP contribution in [0.25, 0.3) is 11.3 Å². The molecular formula is C21H20F2N2O4. The van der Waals surface area contributed by atoms with E-state index in [1.807, 2.05) is 0 Å². The van der Waals surface area contributed by atoms with Gasteiger partial charge in [-0.05, 0) is 30.3 Å². The minimum atomic E-state index is -0.738. The first kappa shape index (κ1) is 20.3. The van der Waals surface area contributed by atoms with Gasteiger partial charge in [-0.15, -0.1) is 0 Å². The number of halogens is 2. The first-order valence-electron chi connectivity index (χ1n) is 8.88. The van der Waals surface area contributed by atoms with E-state index in [9.17, 15) is 13.6 Å². The zero-order valence-corrected chi connectivity index (χ0v) is 16.0. The van der Waals surface area contributed by atoms with Gasteiger partial charge in [0.25, 0.3) is 0 Å². The zero-order valence-electron chi connectivity index (χ0n) is 16.0. The summed E-state index contributed by atoms with van der Waals surface area (Å²) in [5, 5.41) is 2.79. The van der Waals surface area contributed by atoms with E-state index in [0.717, 1.165) is 17.7 Å². The zero-order chi connectivity index (χ0) is 20.8. The summed E-state index contributed by atoms with van der Waals surface area (Å²) in [6.45, 7) is 0.260. The van der Waals surface area contributed by atoms with Crippen molar-refractivity contribution >= 4 is 5.91 Å². The van der Waals surface area contributed by atoms with Crippen molar-refractivity contribution in [3.8, 4) is 22.8 Å². The number of oxazole rings is 1. The van der Waals surface area contributed by atoms with E-state index < -0.39 is 11.6 Å². The number of benzene rings is 2. The van der Waals surface area contributed by atoms with Gasteiger partial charge >= 0.3 is 0 Å². The molecule has 1 heterocycles. The summed E-state index contributed by atoms with van der Waals surface area (Å²) in [5.41, 5.74) is 0.495. The topological polar surface area (TPSA) is 73.6 Å². The van der Waals surface area contributed by atoms with E-state index in [-0.39, 0.29) is 42.5 Å². The largest absolute Gasteiger partial charge is 0.497 e. The lowest BCUT2D eigenvalue weighted by Crippen LogP contribution is -2.23. The van der Waals surface area contributed by atoms with Crippen LogP contribution >= 0.6 is 0 Å². The van der Waals surface area contributed by atoms with E-state index >= 15 is 0 Å². The predicted molar refractivity (Wildman–Crippen MR) is 102 cm³/mol. The fourth-order valence-electron chi connectivity index (χ4n) is 2.80. The molecule has 1 amide bonds. The van der Waals surface area contributed by atoms with Gasteiger partial charge in [0.05, 0.1) is 26.0 Å². The molecule has 0 spiro atoms. The van der Waals surface area contributed by atoms with Gasteiger partial charge in [-0.25, -0.2) is 13.8 Å². The highest BCUT2D eigenvalue weighted by atomic mass is 19.1. The lowest BCUT2D eigenvalue weighted by molar-refractivity contribution is -0.121. The second-order valence-electron chi connectivity index (χ2n) is 6.17. The van der Waals surface area contributed by atoms with E-state index in [4.69, 9.17) is 13.9 Å². The molecule has 0 fully saturated rings. The summed E-state index contributed by atoms with van der Waals surface area (Å²) in [6.07, 6.45) is 1.54. The second-order valence-corrected chi connectivity index (χ2v) is 6.17. The van der Waals surface area contributed by atoms with Crippen molar-refractivity contribution in [2.24, 2.45) is 0 Å². The molecule has 0 aliphatic rings. The molecule has 1 N–H and O–H groups in total. The van der Waals surface area contributed by atoms with Crippen molar-refractivity contribution in [2.45, 2.75) is 19.4 Å². The summed E-state index contributed by atoms with van der Waals surface area (Å²) in [5.74, 6) is -0.214. The maximum absolute atomic E-state index is 13.8. The van der Waals surface area contributed by atoms with Crippen LogP contribution in [0.2, 0.25) is 0 Å². The number of rotatable bonds is 8. The molecular weight excluding hydrogens is 382 g/mol. The van der Waals surface area contributed by atoms with Gasteiger partial charge in [0, 0.05) is 24.9 Å². The van der Waals surface area contributed by atoms with Crippen molar-refractivity contribution in [1.29, 1.82) is 0 Å². The SMILES string of the molecule is COc1ccc(OC)c(CNC(=O)CCc2ncc(-c3c(F)cccc3F)o2)c1. The number of ether oxygens (including phenoxy) is 2. The fraction of sp³-hybridized carbons (Fsp3) is 0.238. The van der Waals surface area contributed by atoms with Crippen LogP contribution in [0, 0.1) is 11.6 Å². The van der Waals surface area contributed by atoms with Crippen LogP contribution in [0.3, 0.4) is 0 Å². The van der Waals surface area contributed by atoms with Crippen LogP contribution in [0.5, 0.6) is 11.5 Å². The summed E-state index contributed by atoms with van der Waals surface area (Å²) in [6, 6.07) is 8.86. The third-order valence-electron chi connectivity index (χ3n) is 4.29. The Labute approximate surface area is 166 Å². The minimum Gasteiger partial charge on any atom is -0.497 e. The Hall–Kier alpha value is -3.42. The number of amides is 1. The number of nitrogens with one attached hydrogen (secondary N) is 1. The number of methoxy groups -OCH3 is 2. The molecule has 1 aromatic heterocycles. The molecule has 0 radical (unpaired) electrons. The number of aryl methyl sites for hydroxylation is 1. The molecule has 0 bridgehead atoms. The maximum Gasteiger partial charge on any atom is 0.220 e. The third-order valence-corrected chi connectivity index (χ3v) is 4.29. The van der Waals surface area contributed by atoms with Crippen LogP contribution in [0.4, 0.5) is 8.78 Å². The van der Waals surface area contributed by atoms with E-state index in [1.165, 1.54) is 12.3 Å². The van der Waals surface area contributed by atoms with Crippen molar-refractivity contribution < 1.29 is 27.5 Å². The lowest BCUT2D eigenvalue weighted by Gasteiger charge is -2.11. The average Bonchev–Trinajstić information content (AvgIpc) is 3.18. The molecule has 2 aromatic carbocycles. The van der Waals surface area contributed by atoms with Crippen LogP contribution in [-0.2, 0) is 17.8 Å². The Bertz CT molecular complexity index is 984. The molecule has 6 nitrogen and oxygen atoms in total.